The van der Waals surface area contributed by atoms with Crippen LogP contribution in [0.15, 0.2) is 18.2 Å². The number of rotatable bonds is 4. The predicted molar refractivity (Wildman–Crippen MR) is 104 cm³/mol. The predicted octanol–water partition coefficient (Wildman–Crippen LogP) is 1.43. The average molecular weight is 390 g/mol. The number of hydrogen-bond donors (Lipinski definition) is 2. The second kappa shape index (κ2) is 7.86. The van der Waals surface area contributed by atoms with Gasteiger partial charge in [-0.3, -0.25) is 14.5 Å². The van der Waals surface area contributed by atoms with Crippen LogP contribution in [-0.2, 0) is 16.0 Å². The number of hydrogen-bond acceptors (Lipinski definition) is 4. The Balaban J connectivity index is 1.35. The molecule has 4 rings (SSSR count). The van der Waals surface area contributed by atoms with Crippen molar-refractivity contribution >= 4 is 34.4 Å². The molecule has 1 atom stereocenters. The van der Waals surface area contributed by atoms with Crippen molar-refractivity contribution in [2.45, 2.75) is 19.3 Å². The summed E-state index contributed by atoms with van der Waals surface area (Å²) in [5.41, 5.74) is 1.87. The molecule has 0 spiro atoms. The molecule has 2 amide bonds. The Morgan fingerprint density at radius 2 is 2.22 bits per heavy atom. The number of imidazole rings is 1. The summed E-state index contributed by atoms with van der Waals surface area (Å²) in [4.78, 5) is 36.0. The van der Waals surface area contributed by atoms with Crippen LogP contribution in [0.3, 0.4) is 0 Å². The highest BCUT2D eigenvalue weighted by Gasteiger charge is 2.27. The molecule has 2 aromatic rings. The molecule has 3 heterocycles. The normalized spacial score (nSPS) is 21.4. The SMILES string of the molecule is O=C1CN(CC(=O)N2CCC[C@@H](Cc3nc4ccc(Cl)cc4[nH]3)C2)CCN1. The number of piperazine rings is 1. The molecule has 2 N–H and O–H groups in total. The van der Waals surface area contributed by atoms with Crippen LogP contribution in [-0.4, -0.2) is 70.9 Å². The maximum atomic E-state index is 12.7. The molecule has 2 aliphatic heterocycles. The summed E-state index contributed by atoms with van der Waals surface area (Å²) in [6, 6.07) is 5.65. The van der Waals surface area contributed by atoms with Crippen molar-refractivity contribution < 1.29 is 9.59 Å². The van der Waals surface area contributed by atoms with Crippen LogP contribution >= 0.6 is 11.6 Å². The van der Waals surface area contributed by atoms with Crippen LogP contribution in [0.5, 0.6) is 0 Å². The zero-order valence-corrected chi connectivity index (χ0v) is 16.0. The minimum atomic E-state index is -0.00411. The smallest absolute Gasteiger partial charge is 0.236 e. The molecule has 1 aromatic carbocycles. The summed E-state index contributed by atoms with van der Waals surface area (Å²) >= 11 is 6.04. The van der Waals surface area contributed by atoms with Crippen LogP contribution in [0.4, 0.5) is 0 Å². The Morgan fingerprint density at radius 1 is 1.33 bits per heavy atom. The Bertz CT molecular complexity index is 852. The topological polar surface area (TPSA) is 81.3 Å². The number of piperidine rings is 1. The number of aromatic amines is 1. The van der Waals surface area contributed by atoms with Gasteiger partial charge in [-0.15, -0.1) is 0 Å². The fourth-order valence-electron chi connectivity index (χ4n) is 3.98. The van der Waals surface area contributed by atoms with Crippen LogP contribution in [0.1, 0.15) is 18.7 Å². The number of nitrogens with zero attached hydrogens (tertiary/aromatic N) is 3. The van der Waals surface area contributed by atoms with Gasteiger partial charge in [0.1, 0.15) is 5.82 Å². The number of H-pyrrole nitrogens is 1. The Kier molecular flexibility index (Phi) is 5.31. The summed E-state index contributed by atoms with van der Waals surface area (Å²) < 4.78 is 0. The first kappa shape index (κ1) is 18.3. The Morgan fingerprint density at radius 3 is 3.07 bits per heavy atom. The number of benzene rings is 1. The first-order valence-corrected chi connectivity index (χ1v) is 9.85. The number of carbonyl (C=O) groups is 2. The van der Waals surface area contributed by atoms with Crippen molar-refractivity contribution in [1.82, 2.24) is 25.1 Å². The van der Waals surface area contributed by atoms with Crippen molar-refractivity contribution in [1.29, 1.82) is 0 Å². The van der Waals surface area contributed by atoms with E-state index in [0.29, 0.717) is 30.6 Å². The molecular weight excluding hydrogens is 366 g/mol. The van der Waals surface area contributed by atoms with Gasteiger partial charge >= 0.3 is 0 Å². The summed E-state index contributed by atoms with van der Waals surface area (Å²) in [5, 5.41) is 3.48. The lowest BCUT2D eigenvalue weighted by atomic mass is 9.94. The van der Waals surface area contributed by atoms with Crippen molar-refractivity contribution in [3.63, 3.8) is 0 Å². The van der Waals surface area contributed by atoms with E-state index < -0.39 is 0 Å². The van der Waals surface area contributed by atoms with Crippen molar-refractivity contribution in [3.05, 3.63) is 29.0 Å². The van der Waals surface area contributed by atoms with Crippen LogP contribution in [0.2, 0.25) is 5.02 Å². The molecule has 0 aliphatic carbocycles. The van der Waals surface area contributed by atoms with Crippen LogP contribution in [0, 0.1) is 5.92 Å². The first-order chi connectivity index (χ1) is 13.1. The summed E-state index contributed by atoms with van der Waals surface area (Å²) in [5.74, 6) is 1.45. The average Bonchev–Trinajstić information content (AvgIpc) is 3.03. The molecule has 27 heavy (non-hydrogen) atoms. The molecule has 0 unspecified atom stereocenters. The quantitative estimate of drug-likeness (QED) is 0.828. The van der Waals surface area contributed by atoms with Gasteiger partial charge < -0.3 is 15.2 Å². The zero-order valence-electron chi connectivity index (χ0n) is 15.2. The fraction of sp³-hybridized carbons (Fsp3) is 0.526. The lowest BCUT2D eigenvalue weighted by Crippen LogP contribution is -2.52. The summed E-state index contributed by atoms with van der Waals surface area (Å²) in [6.07, 6.45) is 2.92. The number of nitrogens with one attached hydrogen (secondary N) is 2. The molecule has 2 saturated heterocycles. The van der Waals surface area contributed by atoms with Gasteiger partial charge in [-0.1, -0.05) is 11.6 Å². The molecule has 0 bridgehead atoms. The Hall–Kier alpha value is -2.12. The van der Waals surface area contributed by atoms with Gasteiger partial charge in [-0.25, -0.2) is 4.98 Å². The van der Waals surface area contributed by atoms with E-state index in [2.05, 4.69) is 15.3 Å². The highest BCUT2D eigenvalue weighted by molar-refractivity contribution is 6.31. The highest BCUT2D eigenvalue weighted by atomic mass is 35.5. The van der Waals surface area contributed by atoms with Gasteiger partial charge in [0.05, 0.1) is 24.1 Å². The lowest BCUT2D eigenvalue weighted by Gasteiger charge is -2.34. The molecule has 2 fully saturated rings. The maximum absolute atomic E-state index is 12.7. The van der Waals surface area contributed by atoms with E-state index in [1.54, 1.807) is 0 Å². The highest BCUT2D eigenvalue weighted by Crippen LogP contribution is 2.23. The number of fused-ring (bicyclic) bond motifs is 1. The fourth-order valence-corrected chi connectivity index (χ4v) is 4.15. The molecule has 1 aromatic heterocycles. The van der Waals surface area contributed by atoms with Gasteiger partial charge in [0.15, 0.2) is 0 Å². The number of aromatic nitrogens is 2. The third kappa shape index (κ3) is 4.42. The van der Waals surface area contributed by atoms with E-state index in [0.717, 1.165) is 55.8 Å². The molecule has 2 aliphatic rings. The number of amides is 2. The third-order valence-corrected chi connectivity index (χ3v) is 5.56. The summed E-state index contributed by atoms with van der Waals surface area (Å²) in [7, 11) is 0. The molecule has 144 valence electrons. The van der Waals surface area contributed by atoms with Crippen molar-refractivity contribution in [2.75, 3.05) is 39.3 Å². The van der Waals surface area contributed by atoms with E-state index in [1.807, 2.05) is 28.0 Å². The van der Waals surface area contributed by atoms with Gasteiger partial charge in [0, 0.05) is 37.6 Å². The van der Waals surface area contributed by atoms with E-state index in [1.165, 1.54) is 0 Å². The third-order valence-electron chi connectivity index (χ3n) is 5.32. The standard InChI is InChI=1S/C19H24ClN5O2/c20-14-3-4-15-16(9-14)23-17(22-15)8-13-2-1-6-25(10-13)19(27)12-24-7-5-21-18(26)11-24/h3-4,9,13H,1-2,5-8,10-12H2,(H,21,26)(H,22,23)/t13-/m0/s1. The van der Waals surface area contributed by atoms with Gasteiger partial charge in [-0.05, 0) is 37.0 Å². The number of carbonyl (C=O) groups excluding carboxylic acids is 2. The number of likely N-dealkylation sites (tertiary alicyclic amines) is 1. The van der Waals surface area contributed by atoms with Crippen molar-refractivity contribution in [3.8, 4) is 0 Å². The number of halogens is 1. The van der Waals surface area contributed by atoms with Crippen LogP contribution in [0.25, 0.3) is 11.0 Å². The molecular formula is C19H24ClN5O2. The first-order valence-electron chi connectivity index (χ1n) is 9.48. The van der Waals surface area contributed by atoms with E-state index in [9.17, 15) is 9.59 Å². The van der Waals surface area contributed by atoms with E-state index in [-0.39, 0.29) is 11.8 Å². The largest absolute Gasteiger partial charge is 0.354 e. The Labute approximate surface area is 163 Å². The summed E-state index contributed by atoms with van der Waals surface area (Å²) in [6.45, 7) is 3.52. The maximum Gasteiger partial charge on any atom is 0.236 e. The molecule has 7 nitrogen and oxygen atoms in total. The minimum absolute atomic E-state index is 0.00411. The second-order valence-corrected chi connectivity index (χ2v) is 7.89. The van der Waals surface area contributed by atoms with Gasteiger partial charge in [-0.2, -0.15) is 0 Å². The van der Waals surface area contributed by atoms with Gasteiger partial charge in [0.2, 0.25) is 11.8 Å². The minimum Gasteiger partial charge on any atom is -0.354 e. The zero-order chi connectivity index (χ0) is 18.8. The van der Waals surface area contributed by atoms with Crippen LogP contribution < -0.4 is 5.32 Å². The second-order valence-electron chi connectivity index (χ2n) is 7.46. The van der Waals surface area contributed by atoms with Crippen molar-refractivity contribution in [2.24, 2.45) is 5.92 Å². The lowest BCUT2D eigenvalue weighted by molar-refractivity contribution is -0.135. The van der Waals surface area contributed by atoms with E-state index >= 15 is 0 Å². The monoisotopic (exact) mass is 389 g/mol. The molecule has 0 radical (unpaired) electrons. The molecule has 8 heteroatoms. The van der Waals surface area contributed by atoms with Gasteiger partial charge in [0.25, 0.3) is 0 Å². The molecule has 0 saturated carbocycles. The van der Waals surface area contributed by atoms with E-state index in [4.69, 9.17) is 11.6 Å².